The molecule has 2 aromatic carbocycles. The van der Waals surface area contributed by atoms with Gasteiger partial charge in [0.05, 0.1) is 27.0 Å². The van der Waals surface area contributed by atoms with Gasteiger partial charge in [-0.1, -0.05) is 45.0 Å². The molecule has 0 aliphatic carbocycles. The van der Waals surface area contributed by atoms with Crippen LogP contribution >= 0.6 is 0 Å². The van der Waals surface area contributed by atoms with E-state index < -0.39 is 22.5 Å². The number of hydrogen-bond acceptors (Lipinski definition) is 6. The summed E-state index contributed by atoms with van der Waals surface area (Å²) in [6.07, 6.45) is 1.50. The number of benzene rings is 2. The second-order valence-corrected chi connectivity index (χ2v) is 9.96. The maximum atomic E-state index is 12.9. The molecule has 0 bridgehead atoms. The minimum absolute atomic E-state index is 0.0470. The van der Waals surface area contributed by atoms with Crippen molar-refractivity contribution in [3.8, 4) is 11.5 Å². The number of carbonyl (C=O) groups excluding carboxylic acids is 1. The Morgan fingerprint density at radius 1 is 1.10 bits per heavy atom. The van der Waals surface area contributed by atoms with Crippen LogP contribution in [0.2, 0.25) is 0 Å². The third kappa shape index (κ3) is 6.28. The summed E-state index contributed by atoms with van der Waals surface area (Å²) >= 11 is 0. The molecule has 2 aromatic rings. The fourth-order valence-electron chi connectivity index (χ4n) is 2.72. The lowest BCUT2D eigenvalue weighted by atomic mass is 9.87. The van der Waals surface area contributed by atoms with Gasteiger partial charge in [0.2, 0.25) is 10.0 Å². The fraction of sp³-hybridized carbons (Fsp3) is 0.364. The number of ether oxygens (including phenoxy) is 2. The molecule has 0 radical (unpaired) electrons. The highest BCUT2D eigenvalue weighted by atomic mass is 32.2. The average Bonchev–Trinajstić information content (AvgIpc) is 2.72. The van der Waals surface area contributed by atoms with Crippen molar-refractivity contribution in [3.63, 3.8) is 0 Å². The lowest BCUT2D eigenvalue weighted by Crippen LogP contribution is -2.36. The van der Waals surface area contributed by atoms with Gasteiger partial charge in [-0.2, -0.15) is 9.41 Å². The van der Waals surface area contributed by atoms with E-state index in [2.05, 4.69) is 31.3 Å². The molecule has 31 heavy (non-hydrogen) atoms. The molecule has 0 fully saturated rings. The molecule has 0 atom stereocenters. The number of hydrazone groups is 1. The summed E-state index contributed by atoms with van der Waals surface area (Å²) in [5.41, 5.74) is 4.40. The minimum atomic E-state index is -3.99. The Hall–Kier alpha value is -2.91. The summed E-state index contributed by atoms with van der Waals surface area (Å²) in [6.45, 7) is 5.97. The smallest absolute Gasteiger partial charge is 0.255 e. The van der Waals surface area contributed by atoms with Crippen LogP contribution < -0.4 is 14.9 Å². The van der Waals surface area contributed by atoms with E-state index in [1.54, 1.807) is 6.07 Å². The SMILES string of the molecule is COc1ccc(OC)c(S(=O)(=O)N(C)CC(=O)NN=Cc2ccc(C(C)(C)C)cc2)c1. The zero-order chi connectivity index (χ0) is 23.2. The Morgan fingerprint density at radius 3 is 2.29 bits per heavy atom. The number of likely N-dealkylation sites (N-methyl/N-ethyl adjacent to an activating group) is 1. The lowest BCUT2D eigenvalue weighted by molar-refractivity contribution is -0.121. The molecule has 0 heterocycles. The Kier molecular flexibility index (Phi) is 7.80. The van der Waals surface area contributed by atoms with Gasteiger partial charge in [0.15, 0.2) is 0 Å². The number of hydrogen-bond donors (Lipinski definition) is 1. The van der Waals surface area contributed by atoms with Crippen LogP contribution in [0.15, 0.2) is 52.5 Å². The van der Waals surface area contributed by atoms with Gasteiger partial charge in [0.25, 0.3) is 5.91 Å². The van der Waals surface area contributed by atoms with Crippen LogP contribution in [0.25, 0.3) is 0 Å². The molecule has 0 aliphatic rings. The number of methoxy groups -OCH3 is 2. The van der Waals surface area contributed by atoms with Crippen molar-refractivity contribution in [3.05, 3.63) is 53.6 Å². The second-order valence-electron chi connectivity index (χ2n) is 7.94. The van der Waals surface area contributed by atoms with Gasteiger partial charge in [-0.05, 0) is 28.7 Å². The first-order valence-corrected chi connectivity index (χ1v) is 11.0. The Bertz CT molecular complexity index is 1040. The van der Waals surface area contributed by atoms with Crippen molar-refractivity contribution in [2.45, 2.75) is 31.1 Å². The van der Waals surface area contributed by atoms with E-state index in [4.69, 9.17) is 9.47 Å². The number of amides is 1. The van der Waals surface area contributed by atoms with E-state index in [1.807, 2.05) is 24.3 Å². The molecular formula is C22H29N3O5S. The number of nitrogens with zero attached hydrogens (tertiary/aromatic N) is 2. The maximum Gasteiger partial charge on any atom is 0.255 e. The van der Waals surface area contributed by atoms with E-state index in [0.29, 0.717) is 5.75 Å². The highest BCUT2D eigenvalue weighted by molar-refractivity contribution is 7.89. The largest absolute Gasteiger partial charge is 0.497 e. The second kappa shape index (κ2) is 9.93. The van der Waals surface area contributed by atoms with Crippen LogP contribution in [0.1, 0.15) is 31.9 Å². The predicted octanol–water partition coefficient (Wildman–Crippen LogP) is 2.77. The molecule has 168 valence electrons. The zero-order valence-corrected chi connectivity index (χ0v) is 19.5. The minimum Gasteiger partial charge on any atom is -0.497 e. The highest BCUT2D eigenvalue weighted by Gasteiger charge is 2.27. The molecule has 1 amide bonds. The summed E-state index contributed by atoms with van der Waals surface area (Å²) in [4.78, 5) is 12.1. The molecule has 0 aromatic heterocycles. The molecule has 0 saturated carbocycles. The Morgan fingerprint density at radius 2 is 1.74 bits per heavy atom. The van der Waals surface area contributed by atoms with Gasteiger partial charge in [-0.25, -0.2) is 13.8 Å². The molecule has 0 aliphatic heterocycles. The van der Waals surface area contributed by atoms with E-state index in [1.165, 1.54) is 45.2 Å². The van der Waals surface area contributed by atoms with Gasteiger partial charge in [0, 0.05) is 13.1 Å². The van der Waals surface area contributed by atoms with Crippen molar-refractivity contribution in [1.82, 2.24) is 9.73 Å². The van der Waals surface area contributed by atoms with Crippen molar-refractivity contribution in [2.24, 2.45) is 5.10 Å². The first-order valence-electron chi connectivity index (χ1n) is 9.60. The van der Waals surface area contributed by atoms with Gasteiger partial charge in [0.1, 0.15) is 16.4 Å². The van der Waals surface area contributed by atoms with Crippen LogP contribution in [-0.4, -0.2) is 52.7 Å². The third-order valence-corrected chi connectivity index (χ3v) is 6.43. The predicted molar refractivity (Wildman–Crippen MR) is 120 cm³/mol. The van der Waals surface area contributed by atoms with E-state index in [-0.39, 0.29) is 16.1 Å². The topological polar surface area (TPSA) is 97.3 Å². The monoisotopic (exact) mass is 447 g/mol. The van der Waals surface area contributed by atoms with Crippen LogP contribution in [0.4, 0.5) is 0 Å². The molecule has 0 spiro atoms. The number of sulfonamides is 1. The van der Waals surface area contributed by atoms with Crippen molar-refractivity contribution >= 4 is 22.1 Å². The summed E-state index contributed by atoms with van der Waals surface area (Å²) in [5, 5.41) is 3.91. The van der Waals surface area contributed by atoms with Gasteiger partial charge in [-0.15, -0.1) is 0 Å². The molecule has 8 nitrogen and oxygen atoms in total. The first kappa shape index (κ1) is 24.4. The van der Waals surface area contributed by atoms with E-state index in [9.17, 15) is 13.2 Å². The van der Waals surface area contributed by atoms with Crippen LogP contribution in [0.5, 0.6) is 11.5 Å². The molecule has 0 saturated heterocycles. The number of rotatable bonds is 8. The van der Waals surface area contributed by atoms with Crippen LogP contribution in [-0.2, 0) is 20.2 Å². The molecular weight excluding hydrogens is 418 g/mol. The Labute approximate surface area is 183 Å². The van der Waals surface area contributed by atoms with Crippen LogP contribution in [0, 0.1) is 0 Å². The van der Waals surface area contributed by atoms with E-state index in [0.717, 1.165) is 9.87 Å². The summed E-state index contributed by atoms with van der Waals surface area (Å²) in [5.74, 6) is -0.0559. The van der Waals surface area contributed by atoms with Crippen molar-refractivity contribution in [1.29, 1.82) is 0 Å². The third-order valence-electron chi connectivity index (χ3n) is 4.60. The van der Waals surface area contributed by atoms with Crippen LogP contribution in [0.3, 0.4) is 0 Å². The van der Waals surface area contributed by atoms with Crippen molar-refractivity contribution in [2.75, 3.05) is 27.8 Å². The lowest BCUT2D eigenvalue weighted by Gasteiger charge is -2.18. The average molecular weight is 448 g/mol. The summed E-state index contributed by atoms with van der Waals surface area (Å²) in [6, 6.07) is 12.3. The summed E-state index contributed by atoms with van der Waals surface area (Å²) in [7, 11) is 0.124. The standard InChI is InChI=1S/C22H29N3O5S/c1-22(2,3)17-9-7-16(8-10-17)14-23-24-21(26)15-25(4)31(27,28)20-13-18(29-5)11-12-19(20)30-6/h7-14H,15H2,1-6H3,(H,24,26). The molecule has 0 unspecified atom stereocenters. The first-order chi connectivity index (χ1) is 14.5. The molecule has 9 heteroatoms. The quantitative estimate of drug-likeness (QED) is 0.496. The normalized spacial score (nSPS) is 12.2. The van der Waals surface area contributed by atoms with E-state index >= 15 is 0 Å². The fourth-order valence-corrected chi connectivity index (χ4v) is 4.02. The number of carbonyl (C=O) groups is 1. The zero-order valence-electron chi connectivity index (χ0n) is 18.7. The molecule has 1 N–H and O–H groups in total. The van der Waals surface area contributed by atoms with Crippen molar-refractivity contribution < 1.29 is 22.7 Å². The van der Waals surface area contributed by atoms with Gasteiger partial charge < -0.3 is 9.47 Å². The number of nitrogens with one attached hydrogen (secondary N) is 1. The maximum absolute atomic E-state index is 12.9. The highest BCUT2D eigenvalue weighted by Crippen LogP contribution is 2.30. The van der Waals surface area contributed by atoms with Gasteiger partial charge in [-0.3, -0.25) is 4.79 Å². The molecule has 2 rings (SSSR count). The summed E-state index contributed by atoms with van der Waals surface area (Å²) < 4.78 is 37.0. The Balaban J connectivity index is 2.04. The van der Waals surface area contributed by atoms with Gasteiger partial charge >= 0.3 is 0 Å².